The van der Waals surface area contributed by atoms with Crippen LogP contribution >= 0.6 is 7.60 Å². The van der Waals surface area contributed by atoms with Crippen LogP contribution in [0.5, 0.6) is 0 Å². The minimum absolute atomic E-state index is 0.464. The molecule has 0 aromatic carbocycles. The fourth-order valence-electron chi connectivity index (χ4n) is 0.158. The second-order valence-corrected chi connectivity index (χ2v) is 2.51. The van der Waals surface area contributed by atoms with E-state index in [9.17, 15) is 4.57 Å². The van der Waals surface area contributed by atoms with Crippen LogP contribution in [-0.4, -0.2) is 27.5 Å². The summed E-state index contributed by atoms with van der Waals surface area (Å²) in [5.41, 5.74) is 0. The lowest BCUT2D eigenvalue weighted by atomic mass is 11.5. The molecule has 0 aliphatic rings. The van der Waals surface area contributed by atoms with Gasteiger partial charge in [-0.05, 0) is 0 Å². The van der Waals surface area contributed by atoms with Gasteiger partial charge in [-0.15, -0.1) is 0 Å². The fraction of sp³-hybridized carbons (Fsp3) is 1.00. The lowest BCUT2D eigenvalue weighted by molar-refractivity contribution is 0.217. The van der Waals surface area contributed by atoms with E-state index in [4.69, 9.17) is 4.29 Å². The first-order valence-corrected chi connectivity index (χ1v) is 3.29. The van der Waals surface area contributed by atoms with Crippen molar-refractivity contribution in [2.24, 2.45) is 0 Å². The molecule has 4 nitrogen and oxygen atoms in total. The molecule has 0 saturated heterocycles. The summed E-state index contributed by atoms with van der Waals surface area (Å²) in [6.45, 7) is 0. The molecule has 0 aliphatic heterocycles. The molecule has 0 saturated carbocycles. The van der Waals surface area contributed by atoms with Crippen molar-refractivity contribution < 1.29 is 19.1 Å². The number of methoxy groups -OCH3 is 1. The summed E-state index contributed by atoms with van der Waals surface area (Å²) in [5, 5.41) is 0. The van der Waals surface area contributed by atoms with Crippen molar-refractivity contribution in [3.8, 4) is 0 Å². The quantitative estimate of drug-likeness (QED) is 0.415. The predicted molar refractivity (Wildman–Crippen MR) is 25.3 cm³/mol. The molecule has 0 radical (unpaired) electrons. The average molecular weight is 133 g/mol. The van der Waals surface area contributed by atoms with E-state index >= 15 is 0 Å². The van der Waals surface area contributed by atoms with E-state index in [1.807, 2.05) is 0 Å². The van der Waals surface area contributed by atoms with Gasteiger partial charge in [-0.1, -0.05) is 0 Å². The van der Waals surface area contributed by atoms with Gasteiger partial charge in [-0.2, -0.15) is 0 Å². The van der Waals surface area contributed by atoms with E-state index in [1.165, 1.54) is 7.11 Å². The molecule has 5 heteroatoms. The molecule has 0 fully saturated rings. The third kappa shape index (κ3) is 6.11. The Balaban J connectivity index is 4.10. The lowest BCUT2D eigenvalue weighted by Gasteiger charge is -1.92. The molecule has 0 aromatic rings. The van der Waals surface area contributed by atoms with Gasteiger partial charge in [0.05, 0.1) is 0 Å². The Morgan fingerprint density at radius 3 is 3.29 bits per heavy atom. The minimum atomic E-state index is -3.74. The van der Waals surface area contributed by atoms with Gasteiger partial charge >= 0.3 is 10.5 Å². The van der Waals surface area contributed by atoms with Gasteiger partial charge in [-0.3, -0.25) is 4.90 Å². The first-order valence-electron chi connectivity index (χ1n) is 2.79. The topological polar surface area (TPSA) is 69.4 Å². The Hall–Kier alpha value is 0.110. The van der Waals surface area contributed by atoms with Gasteiger partial charge in [-0.25, -0.2) is 4.57 Å². The maximum absolute atomic E-state index is 10.9. The lowest BCUT2D eigenvalue weighted by Crippen LogP contribution is -1.87. The first kappa shape index (κ1) is 3.20. The SMILES string of the molecule is [3H]OP(=O)(COC)[O+]([3H])[3H]. The van der Waals surface area contributed by atoms with Crippen LogP contribution in [-0.2, 0) is 9.30 Å². The summed E-state index contributed by atoms with van der Waals surface area (Å²) < 4.78 is 34.4. The normalized spacial score (nSPS) is 25.1. The van der Waals surface area contributed by atoms with Gasteiger partial charge in [0.15, 0.2) is 6.35 Å². The highest BCUT2D eigenvalue weighted by atomic mass is 31.2. The fourth-order valence-corrected chi connectivity index (χ4v) is 0.474. The van der Waals surface area contributed by atoms with Crippen molar-refractivity contribution >= 4 is 7.60 Å². The molecule has 0 aliphatic carbocycles. The summed E-state index contributed by atoms with van der Waals surface area (Å²) in [7, 11) is -2.51. The number of hydrogen-bond acceptors (Lipinski definition) is 3. The van der Waals surface area contributed by atoms with Crippen LogP contribution in [0.15, 0.2) is 0 Å². The zero-order valence-electron chi connectivity index (χ0n) is 6.79. The Bertz CT molecular complexity index is 138. The third-order valence-electron chi connectivity index (χ3n) is 0.287. The zero-order chi connectivity index (χ0) is 8.20. The third-order valence-corrected chi connectivity index (χ3v) is 0.862. The van der Waals surface area contributed by atoms with Crippen molar-refractivity contribution in [2.45, 2.75) is 0 Å². The molecule has 0 bridgehead atoms. The van der Waals surface area contributed by atoms with Crippen LogP contribution in [0.1, 0.15) is 0 Å². The van der Waals surface area contributed by atoms with Crippen LogP contribution < -0.4 is 0 Å². The van der Waals surface area contributed by atoms with Gasteiger partial charge < -0.3 is 9.63 Å². The smallest absolute Gasteiger partial charge is 0.389 e. The van der Waals surface area contributed by atoms with Gasteiger partial charge in [0, 0.05) is 7.11 Å². The molecule has 1 unspecified atom stereocenters. The maximum Gasteiger partial charge on any atom is 0.495 e. The summed E-state index contributed by atoms with van der Waals surface area (Å²) in [5.74, 6) is 0. The van der Waals surface area contributed by atoms with E-state index in [0.717, 1.165) is 0 Å². The Morgan fingerprint density at radius 2 is 3.14 bits per heavy atom. The van der Waals surface area contributed by atoms with E-state index in [1.54, 1.807) is 0 Å². The highest BCUT2D eigenvalue weighted by Gasteiger charge is 2.17. The molecule has 7 heavy (non-hydrogen) atoms. The van der Waals surface area contributed by atoms with Crippen LogP contribution in [0.4, 0.5) is 0 Å². The summed E-state index contributed by atoms with van der Waals surface area (Å²) in [4.78, 5) is 4.23. The predicted octanol–water partition coefficient (Wildman–Crippen LogP) is -0.500. The monoisotopic (exact) mass is 133 g/mol. The molecule has 0 amide bonds. The van der Waals surface area contributed by atoms with Crippen molar-refractivity contribution in [3.63, 3.8) is 0 Å². The van der Waals surface area contributed by atoms with E-state index in [2.05, 4.69) is 9.63 Å². The van der Waals surface area contributed by atoms with Crippen molar-refractivity contribution in [2.75, 3.05) is 13.5 Å². The highest BCUT2D eigenvalue weighted by Crippen LogP contribution is 2.33. The second kappa shape index (κ2) is 2.43. The molecular weight excluding hydrogens is 119 g/mol. The molecule has 0 heterocycles. The zero-order valence-corrected chi connectivity index (χ0v) is 4.68. The summed E-state index contributed by atoms with van der Waals surface area (Å²) in [6.07, 6.45) is -0.464. The maximum atomic E-state index is 10.9. The molecular formula is C2H8O4P+. The average Bonchev–Trinajstić information content (AvgIpc) is 1.88. The molecule has 44 valence electrons. The van der Waals surface area contributed by atoms with Gasteiger partial charge in [0.2, 0.25) is 1.43 Å². The van der Waals surface area contributed by atoms with E-state index in [0.29, 0.717) is 4.90 Å². The Labute approximate surface area is 45.7 Å². The van der Waals surface area contributed by atoms with Crippen LogP contribution in [0.25, 0.3) is 0 Å². The van der Waals surface area contributed by atoms with E-state index < -0.39 is 13.9 Å². The van der Waals surface area contributed by atoms with Crippen LogP contribution in [0.3, 0.4) is 0 Å². The summed E-state index contributed by atoms with van der Waals surface area (Å²) >= 11 is 0. The number of hydrogen-bond donors (Lipinski definition) is 1. The summed E-state index contributed by atoms with van der Waals surface area (Å²) in [6, 6.07) is 0. The van der Waals surface area contributed by atoms with Crippen LogP contribution in [0.2, 0.25) is 0 Å². The van der Waals surface area contributed by atoms with Gasteiger partial charge in [0.25, 0.3) is 0 Å². The van der Waals surface area contributed by atoms with Crippen LogP contribution in [0, 0.1) is 0 Å². The Morgan fingerprint density at radius 1 is 2.43 bits per heavy atom. The van der Waals surface area contributed by atoms with Gasteiger partial charge in [0.1, 0.15) is 0 Å². The van der Waals surface area contributed by atoms with Crippen molar-refractivity contribution in [1.82, 2.24) is 0 Å². The minimum Gasteiger partial charge on any atom is -0.389 e. The largest absolute Gasteiger partial charge is 0.495 e. The first-order chi connectivity index (χ1) is 4.56. The van der Waals surface area contributed by atoms with Crippen molar-refractivity contribution in [3.05, 3.63) is 0 Å². The van der Waals surface area contributed by atoms with Crippen molar-refractivity contribution in [1.29, 1.82) is 4.29 Å². The molecule has 1 atom stereocenters. The second-order valence-electron chi connectivity index (χ2n) is 1.03. The standard InChI is InChI=1S/C2H7O4P/c1-6-2-7(3,4)5/h2H2,1H3,(H2,3,4,5)/p+1/i/hT3. The van der Waals surface area contributed by atoms with E-state index in [-0.39, 0.29) is 0 Å². The highest BCUT2D eigenvalue weighted by molar-refractivity contribution is 7.51. The molecule has 3 N–H and O–H groups in total. The molecule has 0 rings (SSSR count). The number of ether oxygens (including phenoxy) is 1. The number of rotatable bonds is 4. The molecule has 0 aromatic heterocycles. The molecule has 0 spiro atoms. The Kier molecular flexibility index (Phi) is 1.11.